The maximum atomic E-state index is 9.86. The fourth-order valence-electron chi connectivity index (χ4n) is 2.12. The summed E-state index contributed by atoms with van der Waals surface area (Å²) in [6.45, 7) is 0.432. The number of benzene rings is 1. The molecule has 0 unspecified atom stereocenters. The molecule has 0 spiro atoms. The lowest BCUT2D eigenvalue weighted by molar-refractivity contribution is -0.272. The minimum absolute atomic E-state index is 0.00473. The molecule has 1 aromatic carbocycles. The fourth-order valence-corrected chi connectivity index (χ4v) is 3.46. The average molecular weight is 375 g/mol. The van der Waals surface area contributed by atoms with Crippen LogP contribution in [0.15, 0.2) is 0 Å². The topological polar surface area (TPSA) is 84.2 Å². The van der Waals surface area contributed by atoms with E-state index >= 15 is 0 Å². The highest BCUT2D eigenvalue weighted by atomic mass is 35.5. The summed E-state index contributed by atoms with van der Waals surface area (Å²) < 4.78 is 0. The molecule has 0 saturated carbocycles. The molecule has 0 saturated heterocycles. The smallest absolute Gasteiger partial charge is 0.236 e. The van der Waals surface area contributed by atoms with Gasteiger partial charge in [-0.05, 0) is 23.8 Å². The highest BCUT2D eigenvalue weighted by molar-refractivity contribution is 6.43. The van der Waals surface area contributed by atoms with E-state index in [0.29, 0.717) is 17.7 Å². The molecule has 0 aliphatic heterocycles. The summed E-state index contributed by atoms with van der Waals surface area (Å²) in [5.74, 6) is 0. The first-order chi connectivity index (χ1) is 10.1. The van der Waals surface area contributed by atoms with E-state index in [4.69, 9.17) is 45.0 Å². The van der Waals surface area contributed by atoms with Crippen LogP contribution < -0.4 is 4.81 Å². The molecule has 0 radical (unpaired) electrons. The number of hydrogen-bond donors (Lipinski definition) is 4. The Balaban J connectivity index is 3.51. The first-order valence-electron chi connectivity index (χ1n) is 6.56. The van der Waals surface area contributed by atoms with Gasteiger partial charge >= 0.3 is 0 Å². The van der Waals surface area contributed by atoms with Gasteiger partial charge in [-0.1, -0.05) is 34.8 Å². The Bertz CT molecular complexity index is 535. The van der Waals surface area contributed by atoms with Crippen LogP contribution in [0.25, 0.3) is 0 Å². The van der Waals surface area contributed by atoms with Crippen molar-refractivity contribution in [2.24, 2.45) is 0 Å². The van der Waals surface area contributed by atoms with E-state index in [-0.39, 0.29) is 46.9 Å². The summed E-state index contributed by atoms with van der Waals surface area (Å²) >= 11 is 18.8. The van der Waals surface area contributed by atoms with E-state index in [1.54, 1.807) is 11.9 Å². The van der Waals surface area contributed by atoms with Gasteiger partial charge in [-0.2, -0.15) is 10.4 Å². The largest absolute Gasteiger partial charge is 0.396 e. The molecule has 1 aromatic rings. The lowest BCUT2D eigenvalue weighted by atomic mass is 10.0. The number of aliphatic hydroxyl groups is 2. The third kappa shape index (κ3) is 4.44. The Morgan fingerprint density at radius 1 is 0.955 bits per heavy atom. The van der Waals surface area contributed by atoms with E-state index in [0.717, 1.165) is 7.05 Å². The molecule has 0 heterocycles. The summed E-state index contributed by atoms with van der Waals surface area (Å²) in [6, 6.07) is 0. The Morgan fingerprint density at radius 3 is 1.95 bits per heavy atom. The molecule has 9 heteroatoms. The molecule has 0 aliphatic rings. The molecule has 0 atom stereocenters. The Morgan fingerprint density at radius 2 is 1.50 bits per heavy atom. The minimum atomic E-state index is -1.55. The van der Waals surface area contributed by atoms with Crippen LogP contribution in [0.5, 0.6) is 0 Å². The summed E-state index contributed by atoms with van der Waals surface area (Å²) in [5, 5.41) is 38.2. The molecule has 22 heavy (non-hydrogen) atoms. The van der Waals surface area contributed by atoms with Crippen molar-refractivity contribution in [1.29, 1.82) is 0 Å². The predicted octanol–water partition coefficient (Wildman–Crippen LogP) is 2.32. The molecule has 0 fully saturated rings. The van der Waals surface area contributed by atoms with Crippen molar-refractivity contribution in [2.45, 2.75) is 13.0 Å². The predicted molar refractivity (Wildman–Crippen MR) is 87.0 cm³/mol. The van der Waals surface area contributed by atoms with E-state index in [1.807, 2.05) is 0 Å². The monoisotopic (exact) mass is 373 g/mol. The van der Waals surface area contributed by atoms with Crippen molar-refractivity contribution in [3.8, 4) is 0 Å². The summed E-state index contributed by atoms with van der Waals surface area (Å²) in [6.07, 6.45) is 0.151. The molecule has 1 rings (SSSR count). The van der Waals surface area contributed by atoms with Crippen molar-refractivity contribution < 1.29 is 20.6 Å². The number of halogens is 3. The number of hydroxylamine groups is 2. The Labute approximate surface area is 144 Å². The highest BCUT2D eigenvalue weighted by Gasteiger charge is 2.34. The molecule has 0 bridgehead atoms. The third-order valence-corrected chi connectivity index (χ3v) is 4.44. The zero-order valence-corrected chi connectivity index (χ0v) is 14.6. The van der Waals surface area contributed by atoms with Gasteiger partial charge in [-0.15, -0.1) is 0 Å². The van der Waals surface area contributed by atoms with Gasteiger partial charge in [-0.25, -0.2) is 0 Å². The Hall–Kier alpha value is -0.150. The molecular formula is C13H20Cl3N2O4+. The van der Waals surface area contributed by atoms with Gasteiger partial charge in [0, 0.05) is 25.3 Å². The summed E-state index contributed by atoms with van der Waals surface area (Å²) in [4.78, 5) is 0.219. The maximum absolute atomic E-state index is 9.86. The number of rotatable bonds is 7. The summed E-state index contributed by atoms with van der Waals surface area (Å²) in [7, 11) is 2.85. The molecule has 4 N–H and O–H groups in total. The number of aliphatic hydroxyl groups excluding tert-OH is 2. The lowest BCUT2D eigenvalue weighted by Crippen LogP contribution is -2.38. The van der Waals surface area contributed by atoms with E-state index < -0.39 is 4.81 Å². The second-order valence-electron chi connectivity index (χ2n) is 5.10. The lowest BCUT2D eigenvalue weighted by Gasteiger charge is -2.24. The zero-order chi connectivity index (χ0) is 17.1. The first-order valence-corrected chi connectivity index (χ1v) is 7.69. The molecule has 6 nitrogen and oxygen atoms in total. The van der Waals surface area contributed by atoms with Crippen molar-refractivity contribution in [3.63, 3.8) is 0 Å². The van der Waals surface area contributed by atoms with Crippen LogP contribution in [0, 0.1) is 0 Å². The van der Waals surface area contributed by atoms with Crippen LogP contribution in [0.4, 0.5) is 5.69 Å². The molecular weight excluding hydrogens is 355 g/mol. The molecule has 0 aromatic heterocycles. The van der Waals surface area contributed by atoms with Gasteiger partial charge in [0.25, 0.3) is 0 Å². The SMILES string of the molecule is CN(CCO)Cc1c(Cl)c(CCO)c(Cl)c([N+](C)(O)O)c1Cl. The van der Waals surface area contributed by atoms with Crippen LogP contribution in [-0.2, 0) is 13.0 Å². The second kappa shape index (κ2) is 8.10. The minimum Gasteiger partial charge on any atom is -0.396 e. The van der Waals surface area contributed by atoms with Crippen molar-refractivity contribution in [1.82, 2.24) is 9.71 Å². The number of nitrogens with zero attached hydrogens (tertiary/aromatic N) is 2. The van der Waals surface area contributed by atoms with Crippen molar-refractivity contribution >= 4 is 40.5 Å². The van der Waals surface area contributed by atoms with Crippen LogP contribution in [0.1, 0.15) is 11.1 Å². The summed E-state index contributed by atoms with van der Waals surface area (Å²) in [5.41, 5.74) is 0.739. The van der Waals surface area contributed by atoms with Crippen molar-refractivity contribution in [3.05, 3.63) is 26.2 Å². The quantitative estimate of drug-likeness (QED) is 0.435. The first kappa shape index (κ1) is 19.9. The van der Waals surface area contributed by atoms with Crippen LogP contribution in [-0.4, -0.2) is 59.4 Å². The fraction of sp³-hybridized carbons (Fsp3) is 0.538. The standard InChI is InChI=1S/C13H20Cl3N2O4/c1-17(4-6-20)7-9-10(14)8(3-5-19)11(15)13(12(9)16)18(2,21)22/h19-22H,3-7H2,1-2H3/q+1. The highest BCUT2D eigenvalue weighted by Crippen LogP contribution is 2.45. The van der Waals surface area contributed by atoms with Gasteiger partial charge < -0.3 is 10.2 Å². The molecule has 0 amide bonds. The van der Waals surface area contributed by atoms with Gasteiger partial charge in [-0.3, -0.25) is 4.90 Å². The van der Waals surface area contributed by atoms with Gasteiger partial charge in [0.05, 0.1) is 11.6 Å². The van der Waals surface area contributed by atoms with E-state index in [9.17, 15) is 10.4 Å². The van der Waals surface area contributed by atoms with E-state index in [1.165, 1.54) is 0 Å². The average Bonchev–Trinajstić information content (AvgIpc) is 2.38. The number of hydrogen-bond acceptors (Lipinski definition) is 5. The zero-order valence-electron chi connectivity index (χ0n) is 12.4. The second-order valence-corrected chi connectivity index (χ2v) is 6.23. The molecule has 126 valence electrons. The number of likely N-dealkylation sites (N-methyl/N-ethyl adjacent to an activating group) is 1. The van der Waals surface area contributed by atoms with Crippen LogP contribution in [0.3, 0.4) is 0 Å². The maximum Gasteiger partial charge on any atom is 0.236 e. The normalized spacial score (nSPS) is 12.3. The van der Waals surface area contributed by atoms with Crippen LogP contribution >= 0.6 is 34.8 Å². The van der Waals surface area contributed by atoms with Crippen LogP contribution in [0.2, 0.25) is 15.1 Å². The van der Waals surface area contributed by atoms with Crippen molar-refractivity contribution in [2.75, 3.05) is 33.9 Å². The Kier molecular flexibility index (Phi) is 7.32. The van der Waals surface area contributed by atoms with Gasteiger partial charge in [0.1, 0.15) is 17.1 Å². The number of quaternary nitrogens is 1. The van der Waals surface area contributed by atoms with E-state index in [2.05, 4.69) is 0 Å². The van der Waals surface area contributed by atoms with Gasteiger partial charge in [0.15, 0.2) is 0 Å². The molecule has 0 aliphatic carbocycles. The third-order valence-electron chi connectivity index (χ3n) is 3.17. The van der Waals surface area contributed by atoms with Gasteiger partial charge in [0.2, 0.25) is 5.69 Å².